The summed E-state index contributed by atoms with van der Waals surface area (Å²) in [6, 6.07) is 23.0. The average Bonchev–Trinajstić information content (AvgIpc) is 2.67. The Labute approximate surface area is 157 Å². The van der Waals surface area contributed by atoms with Gasteiger partial charge in [0.25, 0.3) is 0 Å². The molecule has 3 aromatic rings. The third kappa shape index (κ3) is 5.43. The summed E-state index contributed by atoms with van der Waals surface area (Å²) in [4.78, 5) is 17.3. The van der Waals surface area contributed by atoms with Gasteiger partial charge in [-0.15, -0.1) is 0 Å². The Kier molecular flexibility index (Phi) is 7.16. The highest BCUT2D eigenvalue weighted by molar-refractivity contribution is 5.89. The fourth-order valence-electron chi connectivity index (χ4n) is 2.26. The molecule has 2 aromatic carbocycles. The van der Waals surface area contributed by atoms with E-state index >= 15 is 0 Å². The molecule has 0 aliphatic carbocycles. The number of hydrogen-bond donors (Lipinski definition) is 0. The van der Waals surface area contributed by atoms with E-state index in [1.165, 1.54) is 0 Å². The number of ether oxygens (including phenoxy) is 1. The number of esters is 1. The maximum absolute atomic E-state index is 11.8. The largest absolute Gasteiger partial charge is 1.00 e. The lowest BCUT2D eigenvalue weighted by molar-refractivity contribution is -0.891. The lowest BCUT2D eigenvalue weighted by Gasteiger charge is -2.04. The van der Waals surface area contributed by atoms with Crippen molar-refractivity contribution in [2.24, 2.45) is 0 Å². The van der Waals surface area contributed by atoms with Crippen LogP contribution in [-0.2, 0) is 4.74 Å². The second-order valence-corrected chi connectivity index (χ2v) is 5.15. The first-order valence-corrected chi connectivity index (χ1v) is 7.75. The van der Waals surface area contributed by atoms with Gasteiger partial charge in [0, 0.05) is 16.9 Å². The number of pyridine rings is 1. The second kappa shape index (κ2) is 9.59. The third-order valence-corrected chi connectivity index (χ3v) is 3.48. The first-order chi connectivity index (χ1) is 11.8. The molecule has 0 saturated carbocycles. The van der Waals surface area contributed by atoms with Crippen LogP contribution in [0.25, 0.3) is 11.1 Å². The third-order valence-electron chi connectivity index (χ3n) is 3.48. The van der Waals surface area contributed by atoms with E-state index in [2.05, 4.69) is 12.1 Å². The summed E-state index contributed by atoms with van der Waals surface area (Å²) >= 11 is 0. The molecule has 0 saturated heterocycles. The minimum absolute atomic E-state index is 0. The number of carbonyl (C=O) groups is 1. The number of benzene rings is 2. The highest BCUT2D eigenvalue weighted by Gasteiger charge is 2.07. The minimum atomic E-state index is -0.344. The molecular formula is C20H18BrNO3. The first-order valence-electron chi connectivity index (χ1n) is 7.75. The van der Waals surface area contributed by atoms with Crippen LogP contribution in [0.15, 0.2) is 85.2 Å². The van der Waals surface area contributed by atoms with Crippen LogP contribution in [0.5, 0.6) is 0 Å². The van der Waals surface area contributed by atoms with Gasteiger partial charge < -0.3 is 21.7 Å². The van der Waals surface area contributed by atoms with Crippen molar-refractivity contribution < 1.29 is 36.1 Å². The van der Waals surface area contributed by atoms with Crippen LogP contribution in [0, 0.1) is 0 Å². The predicted molar refractivity (Wildman–Crippen MR) is 90.2 cm³/mol. The van der Waals surface area contributed by atoms with Crippen LogP contribution in [0.1, 0.15) is 10.4 Å². The van der Waals surface area contributed by atoms with Crippen molar-refractivity contribution in [1.29, 1.82) is 0 Å². The van der Waals surface area contributed by atoms with Crippen LogP contribution in [-0.4, -0.2) is 19.2 Å². The molecule has 0 atom stereocenters. The fourth-order valence-corrected chi connectivity index (χ4v) is 2.26. The van der Waals surface area contributed by atoms with Crippen molar-refractivity contribution in [3.8, 4) is 11.1 Å². The number of nitrogens with zero attached hydrogens (tertiary/aromatic N) is 1. The molecule has 3 rings (SSSR count). The molecule has 0 amide bonds. The normalized spacial score (nSPS) is 9.76. The topological polar surface area (TPSA) is 39.4 Å². The number of hydrogen-bond acceptors (Lipinski definition) is 3. The zero-order valence-corrected chi connectivity index (χ0v) is 15.1. The zero-order chi connectivity index (χ0) is 16.6. The molecule has 0 bridgehead atoms. The Morgan fingerprint density at radius 2 is 1.32 bits per heavy atom. The Morgan fingerprint density at radius 3 is 1.96 bits per heavy atom. The molecule has 128 valence electrons. The summed E-state index contributed by atoms with van der Waals surface area (Å²) in [5.74, 6) is -0.344. The molecule has 0 fully saturated rings. The van der Waals surface area contributed by atoms with Gasteiger partial charge in [0.15, 0.2) is 6.61 Å². The molecule has 0 aliphatic heterocycles. The number of aromatic nitrogens is 1. The first kappa shape index (κ1) is 18.7. The van der Waals surface area contributed by atoms with Crippen LogP contribution in [0.2, 0.25) is 0 Å². The summed E-state index contributed by atoms with van der Waals surface area (Å²) in [6.45, 7) is 0.481. The SMILES string of the molecule is O=C(OCCO[n+]1ccc(-c2ccccc2)cc1)c1ccccc1.[Br-]. The molecule has 0 radical (unpaired) electrons. The van der Waals surface area contributed by atoms with E-state index in [-0.39, 0.29) is 36.2 Å². The van der Waals surface area contributed by atoms with Crippen LogP contribution >= 0.6 is 0 Å². The van der Waals surface area contributed by atoms with Gasteiger partial charge in [-0.25, -0.2) is 4.79 Å². The molecule has 1 heterocycles. The molecule has 0 unspecified atom stereocenters. The Balaban J connectivity index is 0.00000225. The molecule has 1 aromatic heterocycles. The molecule has 4 nitrogen and oxygen atoms in total. The fraction of sp³-hybridized carbons (Fsp3) is 0.100. The molecular weight excluding hydrogens is 382 g/mol. The van der Waals surface area contributed by atoms with Gasteiger partial charge in [-0.2, -0.15) is 0 Å². The van der Waals surface area contributed by atoms with Gasteiger partial charge in [0.1, 0.15) is 6.61 Å². The van der Waals surface area contributed by atoms with Gasteiger partial charge >= 0.3 is 5.97 Å². The van der Waals surface area contributed by atoms with E-state index < -0.39 is 0 Å². The maximum Gasteiger partial charge on any atom is 0.338 e. The maximum atomic E-state index is 11.8. The van der Waals surface area contributed by atoms with Crippen molar-refractivity contribution in [3.05, 3.63) is 90.8 Å². The van der Waals surface area contributed by atoms with Crippen molar-refractivity contribution in [3.63, 3.8) is 0 Å². The Morgan fingerprint density at radius 1 is 0.760 bits per heavy atom. The quantitative estimate of drug-likeness (QED) is 0.331. The van der Waals surface area contributed by atoms with E-state index in [4.69, 9.17) is 9.57 Å². The molecule has 5 heteroatoms. The minimum Gasteiger partial charge on any atom is -1.00 e. The average molecular weight is 400 g/mol. The van der Waals surface area contributed by atoms with E-state index in [0.717, 1.165) is 11.1 Å². The second-order valence-electron chi connectivity index (χ2n) is 5.15. The summed E-state index contributed by atoms with van der Waals surface area (Å²) in [7, 11) is 0. The summed E-state index contributed by atoms with van der Waals surface area (Å²) < 4.78 is 6.77. The summed E-state index contributed by atoms with van der Waals surface area (Å²) in [5.41, 5.74) is 2.81. The van der Waals surface area contributed by atoms with E-state index in [1.54, 1.807) is 29.0 Å². The van der Waals surface area contributed by atoms with E-state index in [1.807, 2.05) is 48.8 Å². The summed E-state index contributed by atoms with van der Waals surface area (Å²) in [5, 5.41) is 0. The number of rotatable bonds is 6. The number of carbonyl (C=O) groups excluding carboxylic acids is 1. The molecule has 25 heavy (non-hydrogen) atoms. The van der Waals surface area contributed by atoms with Gasteiger partial charge in [0.05, 0.1) is 5.56 Å². The summed E-state index contributed by atoms with van der Waals surface area (Å²) in [6.07, 6.45) is 3.67. The van der Waals surface area contributed by atoms with Crippen LogP contribution < -0.4 is 26.5 Å². The lowest BCUT2D eigenvalue weighted by Crippen LogP contribution is -3.00. The van der Waals surface area contributed by atoms with E-state index in [9.17, 15) is 4.79 Å². The van der Waals surface area contributed by atoms with Gasteiger partial charge in [-0.05, 0) is 23.3 Å². The van der Waals surface area contributed by atoms with E-state index in [0.29, 0.717) is 5.56 Å². The monoisotopic (exact) mass is 399 g/mol. The van der Waals surface area contributed by atoms with Gasteiger partial charge in [0.2, 0.25) is 12.4 Å². The van der Waals surface area contributed by atoms with Crippen molar-refractivity contribution in [2.45, 2.75) is 0 Å². The molecule has 0 N–H and O–H groups in total. The van der Waals surface area contributed by atoms with Crippen LogP contribution in [0.3, 0.4) is 0 Å². The molecule has 0 aliphatic rings. The van der Waals surface area contributed by atoms with Gasteiger partial charge in [-0.1, -0.05) is 48.5 Å². The van der Waals surface area contributed by atoms with Gasteiger partial charge in [-0.3, -0.25) is 4.84 Å². The van der Waals surface area contributed by atoms with Crippen molar-refractivity contribution in [1.82, 2.24) is 0 Å². The van der Waals surface area contributed by atoms with Crippen molar-refractivity contribution >= 4 is 5.97 Å². The smallest absolute Gasteiger partial charge is 0.338 e. The number of halogens is 1. The standard InChI is InChI=1S/C20H18NO3.BrH/c22-20(19-9-5-2-6-10-19)23-15-16-24-21-13-11-18(12-14-21)17-7-3-1-4-8-17;/h1-14H,15-16H2;1H/q+1;/p-1. The van der Waals surface area contributed by atoms with Crippen LogP contribution in [0.4, 0.5) is 0 Å². The molecule has 0 spiro atoms. The Hall–Kier alpha value is -2.66. The highest BCUT2D eigenvalue weighted by atomic mass is 79.9. The van der Waals surface area contributed by atoms with Crippen molar-refractivity contribution in [2.75, 3.05) is 13.2 Å². The lowest BCUT2D eigenvalue weighted by atomic mass is 10.1. The predicted octanol–water partition coefficient (Wildman–Crippen LogP) is -0.0693. The highest BCUT2D eigenvalue weighted by Crippen LogP contribution is 2.16. The Bertz CT molecular complexity index is 777. The zero-order valence-electron chi connectivity index (χ0n) is 13.5.